The normalized spacial score (nSPS) is 15.5. The van der Waals surface area contributed by atoms with Gasteiger partial charge >= 0.3 is 0 Å². The lowest BCUT2D eigenvalue weighted by Crippen LogP contribution is -2.10. The summed E-state index contributed by atoms with van der Waals surface area (Å²) < 4.78 is 6.48. The molecular formula is C26H19NO. The van der Waals surface area contributed by atoms with Gasteiger partial charge in [-0.15, -0.1) is 0 Å². The van der Waals surface area contributed by atoms with E-state index in [2.05, 4.69) is 72.8 Å². The van der Waals surface area contributed by atoms with Crippen molar-refractivity contribution in [3.8, 4) is 5.75 Å². The highest BCUT2D eigenvalue weighted by Gasteiger charge is 2.26. The number of rotatable bonds is 1. The third-order valence-electron chi connectivity index (χ3n) is 5.96. The number of ether oxygens (including phenoxy) is 1. The minimum Gasteiger partial charge on any atom is -0.460 e. The molecule has 134 valence electrons. The summed E-state index contributed by atoms with van der Waals surface area (Å²) in [5, 5.41) is 7.45. The van der Waals surface area contributed by atoms with E-state index >= 15 is 0 Å². The van der Waals surface area contributed by atoms with Crippen molar-refractivity contribution in [1.82, 2.24) is 0 Å². The second-order valence-corrected chi connectivity index (χ2v) is 7.43. The Morgan fingerprint density at radius 1 is 0.786 bits per heavy atom. The van der Waals surface area contributed by atoms with Crippen LogP contribution in [-0.4, -0.2) is 6.54 Å². The van der Waals surface area contributed by atoms with Gasteiger partial charge in [0.1, 0.15) is 11.5 Å². The van der Waals surface area contributed by atoms with Gasteiger partial charge in [-0.2, -0.15) is 0 Å². The molecule has 0 atom stereocenters. The fourth-order valence-corrected chi connectivity index (χ4v) is 4.69. The first kappa shape index (κ1) is 15.7. The minimum absolute atomic E-state index is 0.531. The van der Waals surface area contributed by atoms with E-state index in [1.54, 1.807) is 0 Å². The minimum atomic E-state index is 0.531. The predicted molar refractivity (Wildman–Crippen MR) is 117 cm³/mol. The topological polar surface area (TPSA) is 35.2 Å². The molecule has 0 saturated heterocycles. The number of benzene rings is 4. The molecule has 0 fully saturated rings. The second kappa shape index (κ2) is 5.82. The molecule has 1 heterocycles. The Balaban J connectivity index is 1.85. The van der Waals surface area contributed by atoms with Gasteiger partial charge in [0.2, 0.25) is 0 Å². The number of allylic oxidation sites excluding steroid dienone is 3. The molecule has 0 saturated carbocycles. The van der Waals surface area contributed by atoms with Crippen molar-refractivity contribution in [1.29, 1.82) is 0 Å². The zero-order valence-corrected chi connectivity index (χ0v) is 15.4. The number of nitrogens with two attached hydrogens (primary N) is 1. The van der Waals surface area contributed by atoms with E-state index in [1.807, 2.05) is 6.08 Å². The van der Waals surface area contributed by atoms with Crippen molar-refractivity contribution in [3.05, 3.63) is 95.8 Å². The Kier molecular flexibility index (Phi) is 3.26. The monoisotopic (exact) mass is 361 g/mol. The fourth-order valence-electron chi connectivity index (χ4n) is 4.69. The van der Waals surface area contributed by atoms with Gasteiger partial charge in [-0.3, -0.25) is 0 Å². The quantitative estimate of drug-likeness (QED) is 0.416. The van der Waals surface area contributed by atoms with Crippen LogP contribution in [-0.2, 0) is 0 Å². The third kappa shape index (κ3) is 2.07. The maximum Gasteiger partial charge on any atom is 0.142 e. The Bertz CT molecular complexity index is 1350. The van der Waals surface area contributed by atoms with Gasteiger partial charge in [-0.1, -0.05) is 72.8 Å². The van der Waals surface area contributed by atoms with Crippen molar-refractivity contribution < 1.29 is 4.74 Å². The summed E-state index contributed by atoms with van der Waals surface area (Å²) in [6.07, 6.45) is 7.02. The van der Waals surface area contributed by atoms with Crippen molar-refractivity contribution in [2.45, 2.75) is 6.42 Å². The summed E-state index contributed by atoms with van der Waals surface area (Å²) >= 11 is 0. The van der Waals surface area contributed by atoms with Crippen LogP contribution in [0.25, 0.3) is 37.9 Å². The van der Waals surface area contributed by atoms with Gasteiger partial charge in [-0.25, -0.2) is 0 Å². The second-order valence-electron chi connectivity index (χ2n) is 7.43. The third-order valence-corrected chi connectivity index (χ3v) is 5.96. The highest BCUT2D eigenvalue weighted by atomic mass is 16.5. The summed E-state index contributed by atoms with van der Waals surface area (Å²) in [5.41, 5.74) is 9.70. The molecule has 2 heteroatoms. The summed E-state index contributed by atoms with van der Waals surface area (Å²) in [4.78, 5) is 0. The van der Waals surface area contributed by atoms with E-state index in [9.17, 15) is 0 Å². The average molecular weight is 361 g/mol. The van der Waals surface area contributed by atoms with Gasteiger partial charge < -0.3 is 10.5 Å². The maximum atomic E-state index is 6.48. The lowest BCUT2D eigenvalue weighted by atomic mass is 9.88. The Morgan fingerprint density at radius 2 is 1.43 bits per heavy atom. The molecule has 2 aliphatic rings. The van der Waals surface area contributed by atoms with E-state index in [4.69, 9.17) is 10.5 Å². The van der Waals surface area contributed by atoms with E-state index < -0.39 is 0 Å². The molecule has 0 aromatic heterocycles. The first-order chi connectivity index (χ1) is 13.8. The largest absolute Gasteiger partial charge is 0.460 e. The molecule has 28 heavy (non-hydrogen) atoms. The highest BCUT2D eigenvalue weighted by molar-refractivity contribution is 6.27. The van der Waals surface area contributed by atoms with E-state index in [1.165, 1.54) is 43.5 Å². The molecule has 2 N–H and O–H groups in total. The van der Waals surface area contributed by atoms with Crippen molar-refractivity contribution >= 4 is 37.9 Å². The van der Waals surface area contributed by atoms with Crippen molar-refractivity contribution in [2.24, 2.45) is 5.73 Å². The first-order valence-corrected chi connectivity index (χ1v) is 9.69. The molecule has 1 aliphatic heterocycles. The van der Waals surface area contributed by atoms with Gasteiger partial charge in [0, 0.05) is 23.9 Å². The van der Waals surface area contributed by atoms with Crippen LogP contribution < -0.4 is 10.5 Å². The average Bonchev–Trinajstić information content (AvgIpc) is 2.92. The molecule has 4 aromatic rings. The number of hydrogen-bond acceptors (Lipinski definition) is 2. The van der Waals surface area contributed by atoms with Crippen LogP contribution in [0.4, 0.5) is 0 Å². The summed E-state index contributed by atoms with van der Waals surface area (Å²) in [6.45, 7) is 0.531. The first-order valence-electron chi connectivity index (χ1n) is 9.69. The van der Waals surface area contributed by atoms with Gasteiger partial charge in [-0.05, 0) is 44.2 Å². The Hall–Kier alpha value is -3.36. The van der Waals surface area contributed by atoms with Crippen molar-refractivity contribution in [3.63, 3.8) is 0 Å². The standard InChI is InChI=1S/C26H19NO/c27-15-16-6-5-7-17-14-24(16)23-13-12-22-20-10-2-1-8-18(20)19-9-3-4-11-21(19)25(22)26(23)28-17/h1-13H,14-15,27H2. The fraction of sp³-hybridized carbons (Fsp3) is 0.0769. The maximum absolute atomic E-state index is 6.48. The van der Waals surface area contributed by atoms with E-state index in [0.29, 0.717) is 6.54 Å². The highest BCUT2D eigenvalue weighted by Crippen LogP contribution is 2.48. The van der Waals surface area contributed by atoms with Crippen LogP contribution in [0.2, 0.25) is 0 Å². The van der Waals surface area contributed by atoms with E-state index in [-0.39, 0.29) is 0 Å². The number of hydrogen-bond donors (Lipinski definition) is 1. The van der Waals surface area contributed by atoms with Gasteiger partial charge in [0.15, 0.2) is 0 Å². The summed E-state index contributed by atoms with van der Waals surface area (Å²) in [5.74, 6) is 1.94. The van der Waals surface area contributed by atoms with Crippen LogP contribution in [0.5, 0.6) is 5.75 Å². The van der Waals surface area contributed by atoms with Crippen LogP contribution in [0.1, 0.15) is 12.0 Å². The molecule has 4 aromatic carbocycles. The molecule has 0 radical (unpaired) electrons. The smallest absolute Gasteiger partial charge is 0.142 e. The van der Waals surface area contributed by atoms with Crippen molar-refractivity contribution in [2.75, 3.05) is 6.54 Å². The lowest BCUT2D eigenvalue weighted by molar-refractivity contribution is 0.412. The predicted octanol–water partition coefficient (Wildman–Crippen LogP) is 6.09. The van der Waals surface area contributed by atoms with E-state index in [0.717, 1.165) is 23.5 Å². The number of fused-ring (bicyclic) bond motifs is 11. The lowest BCUT2D eigenvalue weighted by Gasteiger charge is -2.26. The SMILES string of the molecule is NCC1=C2CC(=CC=C1)Oc1c2ccc2c3ccccc3c3ccccc3c12. The van der Waals surface area contributed by atoms with Gasteiger partial charge in [0.05, 0.1) is 0 Å². The molecule has 0 unspecified atom stereocenters. The summed E-state index contributed by atoms with van der Waals surface area (Å²) in [7, 11) is 0. The van der Waals surface area contributed by atoms with Crippen LogP contribution in [0.15, 0.2) is 90.2 Å². The zero-order valence-electron chi connectivity index (χ0n) is 15.4. The molecule has 6 rings (SSSR count). The zero-order chi connectivity index (χ0) is 18.7. The molecule has 0 amide bonds. The summed E-state index contributed by atoms with van der Waals surface area (Å²) in [6, 6.07) is 21.7. The van der Waals surface area contributed by atoms with Gasteiger partial charge in [0.25, 0.3) is 0 Å². The molecule has 0 spiro atoms. The van der Waals surface area contributed by atoms with Crippen LogP contribution in [0, 0.1) is 0 Å². The Labute approximate surface area is 163 Å². The molecule has 1 aliphatic carbocycles. The van der Waals surface area contributed by atoms with Crippen LogP contribution >= 0.6 is 0 Å². The van der Waals surface area contributed by atoms with Crippen LogP contribution in [0.3, 0.4) is 0 Å². The molecule has 2 nitrogen and oxygen atoms in total. The Morgan fingerprint density at radius 3 is 2.14 bits per heavy atom. The molecule has 2 bridgehead atoms. The molecular weight excluding hydrogens is 342 g/mol.